The lowest BCUT2D eigenvalue weighted by Crippen LogP contribution is -2.39. The Hall–Kier alpha value is -2.27. The van der Waals surface area contributed by atoms with Gasteiger partial charge in [0.1, 0.15) is 12.2 Å². The third-order valence-electron chi connectivity index (χ3n) is 6.39. The minimum absolute atomic E-state index is 0.00221. The SMILES string of the molecule is C/C1=C\CC[C@@]2(C)O[C@H]2[C@@H]2OC(=O)[C@@H](CN(CCO)CCO)[C@@H]2CC1.O=C(O)/C=C/C(=O)O. The number of hydrogen-bond donors (Lipinski definition) is 4. The van der Waals surface area contributed by atoms with E-state index in [1.54, 1.807) is 0 Å². The molecule has 3 aliphatic rings. The smallest absolute Gasteiger partial charge is 0.328 e. The average molecular weight is 470 g/mol. The van der Waals surface area contributed by atoms with E-state index in [2.05, 4.69) is 19.9 Å². The molecule has 2 fully saturated rings. The van der Waals surface area contributed by atoms with E-state index in [-0.39, 0.29) is 48.8 Å². The third kappa shape index (κ3) is 7.92. The highest BCUT2D eigenvalue weighted by Gasteiger charge is 2.62. The summed E-state index contributed by atoms with van der Waals surface area (Å²) in [6.07, 6.45) is 7.09. The predicted molar refractivity (Wildman–Crippen MR) is 117 cm³/mol. The molecule has 0 saturated carbocycles. The molecule has 2 aliphatic heterocycles. The van der Waals surface area contributed by atoms with E-state index in [9.17, 15) is 24.6 Å². The van der Waals surface area contributed by atoms with E-state index >= 15 is 0 Å². The van der Waals surface area contributed by atoms with Gasteiger partial charge in [-0.15, -0.1) is 0 Å². The molecule has 0 aromatic carbocycles. The maximum atomic E-state index is 12.6. The van der Waals surface area contributed by atoms with E-state index in [0.717, 1.165) is 25.7 Å². The summed E-state index contributed by atoms with van der Waals surface area (Å²) in [6.45, 7) is 5.73. The summed E-state index contributed by atoms with van der Waals surface area (Å²) >= 11 is 0. The van der Waals surface area contributed by atoms with E-state index in [1.165, 1.54) is 5.57 Å². The van der Waals surface area contributed by atoms with Gasteiger partial charge in [0, 0.05) is 37.7 Å². The second-order valence-corrected chi connectivity index (χ2v) is 8.91. The lowest BCUT2D eigenvalue weighted by molar-refractivity contribution is -0.145. The van der Waals surface area contributed by atoms with E-state index in [4.69, 9.17) is 19.7 Å². The zero-order chi connectivity index (χ0) is 24.6. The van der Waals surface area contributed by atoms with Crippen LogP contribution in [0.25, 0.3) is 0 Å². The van der Waals surface area contributed by atoms with Gasteiger partial charge in [-0.25, -0.2) is 9.59 Å². The van der Waals surface area contributed by atoms with Crippen molar-refractivity contribution < 1.29 is 44.3 Å². The van der Waals surface area contributed by atoms with Gasteiger partial charge in [-0.1, -0.05) is 11.6 Å². The molecule has 0 amide bonds. The second kappa shape index (κ2) is 12.3. The quantitative estimate of drug-likeness (QED) is 0.174. The Kier molecular flexibility index (Phi) is 10.0. The third-order valence-corrected chi connectivity index (χ3v) is 6.39. The topological polar surface area (TPSA) is 157 Å². The van der Waals surface area contributed by atoms with Crippen LogP contribution in [0, 0.1) is 11.8 Å². The monoisotopic (exact) mass is 469 g/mol. The van der Waals surface area contributed by atoms with Crippen molar-refractivity contribution in [2.75, 3.05) is 32.8 Å². The number of carboxylic acid groups (broad SMARTS) is 2. The molecule has 1 aliphatic carbocycles. The predicted octanol–water partition coefficient (Wildman–Crippen LogP) is 0.820. The Balaban J connectivity index is 0.000000414. The first-order valence-electron chi connectivity index (χ1n) is 11.2. The maximum absolute atomic E-state index is 12.6. The summed E-state index contributed by atoms with van der Waals surface area (Å²) in [6, 6.07) is 0. The van der Waals surface area contributed by atoms with Crippen molar-refractivity contribution in [2.45, 2.75) is 57.3 Å². The standard InChI is InChI=1S/C19H31NO5.C4H4O4/c1-13-4-3-7-19(2)17(25-19)16-14(6-5-13)15(18(23)24-16)12-20(8-10-21)9-11-22;5-3(6)1-2-4(7)8/h4,14-17,21-22H,3,5-12H2,1-2H3;1-2H,(H,5,6)(H,7,8)/b13-4+;2-1+/t14-,15-,16+,17-,19+;/m0./s1. The summed E-state index contributed by atoms with van der Waals surface area (Å²) in [5.41, 5.74) is 1.18. The molecule has 5 atom stereocenters. The van der Waals surface area contributed by atoms with Crippen molar-refractivity contribution in [3.63, 3.8) is 0 Å². The molecule has 2 heterocycles. The number of carbonyl (C=O) groups is 3. The van der Waals surface area contributed by atoms with Crippen molar-refractivity contribution >= 4 is 17.9 Å². The largest absolute Gasteiger partial charge is 0.478 e. The molecule has 4 N–H and O–H groups in total. The number of epoxide rings is 1. The Morgan fingerprint density at radius 2 is 1.79 bits per heavy atom. The first-order chi connectivity index (χ1) is 15.6. The normalized spacial score (nSPS) is 32.6. The van der Waals surface area contributed by atoms with Crippen molar-refractivity contribution in [1.82, 2.24) is 4.90 Å². The molecule has 33 heavy (non-hydrogen) atoms. The van der Waals surface area contributed by atoms with Gasteiger partial charge in [-0.3, -0.25) is 9.69 Å². The molecule has 0 aromatic rings. The minimum atomic E-state index is -1.26. The van der Waals surface area contributed by atoms with Gasteiger partial charge in [-0.05, 0) is 39.5 Å². The molecular weight excluding hydrogens is 434 g/mol. The molecule has 0 unspecified atom stereocenters. The number of aliphatic hydroxyl groups excluding tert-OH is 2. The average Bonchev–Trinajstić information content (AvgIpc) is 3.31. The molecule has 10 heteroatoms. The molecule has 0 aromatic heterocycles. The number of rotatable bonds is 8. The summed E-state index contributed by atoms with van der Waals surface area (Å²) in [7, 11) is 0. The molecule has 2 saturated heterocycles. The molecule has 10 nitrogen and oxygen atoms in total. The van der Waals surface area contributed by atoms with E-state index in [1.807, 2.05) is 4.90 Å². The van der Waals surface area contributed by atoms with E-state index in [0.29, 0.717) is 31.8 Å². The molecule has 186 valence electrons. The number of fused-ring (bicyclic) bond motifs is 3. The van der Waals surface area contributed by atoms with Gasteiger partial charge >= 0.3 is 17.9 Å². The fourth-order valence-electron chi connectivity index (χ4n) is 4.55. The van der Waals surface area contributed by atoms with Crippen LogP contribution in [0.3, 0.4) is 0 Å². The lowest BCUT2D eigenvalue weighted by atomic mass is 9.80. The van der Waals surface area contributed by atoms with Crippen LogP contribution in [0.1, 0.15) is 39.5 Å². The zero-order valence-corrected chi connectivity index (χ0v) is 19.2. The van der Waals surface area contributed by atoms with Gasteiger partial charge in [0.2, 0.25) is 0 Å². The van der Waals surface area contributed by atoms with Crippen LogP contribution in [0.15, 0.2) is 23.8 Å². The summed E-state index contributed by atoms with van der Waals surface area (Å²) in [5, 5.41) is 34.1. The molecule has 0 bridgehead atoms. The Bertz CT molecular complexity index is 743. The number of esters is 1. The molecule has 0 spiro atoms. The highest BCUT2D eigenvalue weighted by molar-refractivity contribution is 5.89. The molecule has 3 rings (SSSR count). The zero-order valence-electron chi connectivity index (χ0n) is 19.2. The van der Waals surface area contributed by atoms with Crippen LogP contribution in [-0.2, 0) is 23.9 Å². The first kappa shape index (κ1) is 27.0. The van der Waals surface area contributed by atoms with Crippen LogP contribution < -0.4 is 0 Å². The Labute approximate surface area is 193 Å². The van der Waals surface area contributed by atoms with Crippen LogP contribution in [-0.4, -0.2) is 93.9 Å². The fourth-order valence-corrected chi connectivity index (χ4v) is 4.55. The maximum Gasteiger partial charge on any atom is 0.328 e. The highest BCUT2D eigenvalue weighted by atomic mass is 16.6. The number of ether oxygens (including phenoxy) is 2. The first-order valence-corrected chi connectivity index (χ1v) is 11.2. The number of aliphatic carboxylic acids is 2. The summed E-state index contributed by atoms with van der Waals surface area (Å²) < 4.78 is 11.8. The van der Waals surface area contributed by atoms with Gasteiger partial charge in [-0.2, -0.15) is 0 Å². The minimum Gasteiger partial charge on any atom is -0.478 e. The van der Waals surface area contributed by atoms with Crippen LogP contribution in [0.2, 0.25) is 0 Å². The van der Waals surface area contributed by atoms with Gasteiger partial charge < -0.3 is 29.9 Å². The van der Waals surface area contributed by atoms with Crippen LogP contribution in [0.5, 0.6) is 0 Å². The highest BCUT2D eigenvalue weighted by Crippen LogP contribution is 2.50. The summed E-state index contributed by atoms with van der Waals surface area (Å²) in [5.74, 6) is -2.76. The van der Waals surface area contributed by atoms with Gasteiger partial charge in [0.05, 0.1) is 24.7 Å². The Morgan fingerprint density at radius 3 is 2.33 bits per heavy atom. The number of carbonyl (C=O) groups excluding carboxylic acids is 1. The van der Waals surface area contributed by atoms with E-state index < -0.39 is 11.9 Å². The van der Waals surface area contributed by atoms with Crippen LogP contribution >= 0.6 is 0 Å². The lowest BCUT2D eigenvalue weighted by Gasteiger charge is -2.27. The van der Waals surface area contributed by atoms with Crippen molar-refractivity contribution in [3.05, 3.63) is 23.8 Å². The van der Waals surface area contributed by atoms with Gasteiger partial charge in [0.15, 0.2) is 0 Å². The van der Waals surface area contributed by atoms with Crippen molar-refractivity contribution in [3.8, 4) is 0 Å². The number of hydrogen-bond acceptors (Lipinski definition) is 8. The molecular formula is C23H35NO9. The number of allylic oxidation sites excluding steroid dienone is 2. The van der Waals surface area contributed by atoms with Gasteiger partial charge in [0.25, 0.3) is 0 Å². The second-order valence-electron chi connectivity index (χ2n) is 8.91. The number of aliphatic hydroxyl groups is 2. The summed E-state index contributed by atoms with van der Waals surface area (Å²) in [4.78, 5) is 33.6. The van der Waals surface area contributed by atoms with Crippen LogP contribution in [0.4, 0.5) is 0 Å². The van der Waals surface area contributed by atoms with Crippen molar-refractivity contribution in [1.29, 1.82) is 0 Å². The number of nitrogens with zero attached hydrogens (tertiary/aromatic N) is 1. The van der Waals surface area contributed by atoms with Crippen molar-refractivity contribution in [2.24, 2.45) is 11.8 Å². The number of carboxylic acids is 2. The fraction of sp³-hybridized carbons (Fsp3) is 0.696. The molecule has 0 radical (unpaired) electrons. The Morgan fingerprint density at radius 1 is 1.18 bits per heavy atom.